The highest BCUT2D eigenvalue weighted by molar-refractivity contribution is 5.54. The SMILES string of the molecule is Cc1cc(C)n(C=O)c1. The van der Waals surface area contributed by atoms with Crippen molar-refractivity contribution in [3.63, 3.8) is 0 Å². The van der Waals surface area contributed by atoms with Gasteiger partial charge in [-0.2, -0.15) is 0 Å². The van der Waals surface area contributed by atoms with Crippen molar-refractivity contribution in [1.82, 2.24) is 4.57 Å². The molecule has 2 heteroatoms. The van der Waals surface area contributed by atoms with E-state index in [0.717, 1.165) is 17.7 Å². The van der Waals surface area contributed by atoms with Crippen LogP contribution in [0.1, 0.15) is 11.3 Å². The molecule has 0 amide bonds. The Labute approximate surface area is 54.1 Å². The highest BCUT2D eigenvalue weighted by Crippen LogP contribution is 2.02. The predicted octanol–water partition coefficient (Wildman–Crippen LogP) is 1.14. The molecule has 0 aromatic carbocycles. The minimum atomic E-state index is 0.808. The predicted molar refractivity (Wildman–Crippen MR) is 36.1 cm³/mol. The summed E-state index contributed by atoms with van der Waals surface area (Å²) in [5.41, 5.74) is 2.11. The monoisotopic (exact) mass is 123 g/mol. The molecule has 0 aliphatic heterocycles. The standard InChI is InChI=1S/C7H9NO/c1-6-3-7(2)8(4-6)5-9/h3-5H,1-2H3. The maximum absolute atomic E-state index is 10.2. The quantitative estimate of drug-likeness (QED) is 0.513. The van der Waals surface area contributed by atoms with Crippen LogP contribution < -0.4 is 0 Å². The molecule has 1 rings (SSSR count). The summed E-state index contributed by atoms with van der Waals surface area (Å²) < 4.78 is 1.56. The van der Waals surface area contributed by atoms with Crippen molar-refractivity contribution in [2.45, 2.75) is 13.8 Å². The largest absolute Gasteiger partial charge is 0.294 e. The van der Waals surface area contributed by atoms with Crippen LogP contribution in [0.2, 0.25) is 0 Å². The molecule has 0 saturated carbocycles. The topological polar surface area (TPSA) is 22.0 Å². The fourth-order valence-corrected chi connectivity index (χ4v) is 0.876. The van der Waals surface area contributed by atoms with Crippen molar-refractivity contribution in [2.75, 3.05) is 0 Å². The molecule has 2 nitrogen and oxygen atoms in total. The zero-order valence-electron chi connectivity index (χ0n) is 5.59. The normalized spacial score (nSPS) is 9.56. The third kappa shape index (κ3) is 1.02. The molecular formula is C7H9NO. The molecule has 48 valence electrons. The van der Waals surface area contributed by atoms with Gasteiger partial charge in [-0.15, -0.1) is 0 Å². The summed E-state index contributed by atoms with van der Waals surface area (Å²) in [6.45, 7) is 3.87. The summed E-state index contributed by atoms with van der Waals surface area (Å²) in [5, 5.41) is 0. The van der Waals surface area contributed by atoms with Gasteiger partial charge in [0, 0.05) is 11.9 Å². The van der Waals surface area contributed by atoms with Crippen molar-refractivity contribution >= 4 is 6.41 Å². The average molecular weight is 123 g/mol. The maximum atomic E-state index is 10.2. The molecular weight excluding hydrogens is 114 g/mol. The third-order valence-corrected chi connectivity index (χ3v) is 1.30. The van der Waals surface area contributed by atoms with Gasteiger partial charge in [-0.1, -0.05) is 0 Å². The first-order chi connectivity index (χ1) is 4.24. The molecule has 0 aliphatic rings. The fourth-order valence-electron chi connectivity index (χ4n) is 0.876. The lowest BCUT2D eigenvalue weighted by atomic mass is 10.4. The van der Waals surface area contributed by atoms with Crippen LogP contribution in [0.5, 0.6) is 0 Å². The molecule has 9 heavy (non-hydrogen) atoms. The van der Waals surface area contributed by atoms with Crippen LogP contribution in [0.4, 0.5) is 0 Å². The van der Waals surface area contributed by atoms with Crippen LogP contribution in [0.15, 0.2) is 12.3 Å². The summed E-state index contributed by atoms with van der Waals surface area (Å²) in [7, 11) is 0. The molecule has 0 bridgehead atoms. The molecule has 0 unspecified atom stereocenters. The molecule has 0 fully saturated rings. The number of hydrogen-bond donors (Lipinski definition) is 0. The minimum Gasteiger partial charge on any atom is -0.294 e. The lowest BCUT2D eigenvalue weighted by molar-refractivity contribution is 0.546. The zero-order valence-corrected chi connectivity index (χ0v) is 5.59. The van der Waals surface area contributed by atoms with Gasteiger partial charge in [0.05, 0.1) is 0 Å². The van der Waals surface area contributed by atoms with Gasteiger partial charge >= 0.3 is 0 Å². The Balaban J connectivity index is 3.15. The summed E-state index contributed by atoms with van der Waals surface area (Å²) in [5.74, 6) is 0. The van der Waals surface area contributed by atoms with Crippen LogP contribution in [0, 0.1) is 13.8 Å². The van der Waals surface area contributed by atoms with Crippen LogP contribution in [-0.4, -0.2) is 11.0 Å². The Morgan fingerprint density at radius 2 is 2.22 bits per heavy atom. The van der Waals surface area contributed by atoms with E-state index in [0.29, 0.717) is 0 Å². The van der Waals surface area contributed by atoms with E-state index in [1.54, 1.807) is 4.57 Å². The Bertz CT molecular complexity index is 225. The first-order valence-electron chi connectivity index (χ1n) is 2.84. The molecule has 1 heterocycles. The van der Waals surface area contributed by atoms with Crippen LogP contribution in [0.3, 0.4) is 0 Å². The Kier molecular flexibility index (Phi) is 1.39. The van der Waals surface area contributed by atoms with Gasteiger partial charge < -0.3 is 0 Å². The van der Waals surface area contributed by atoms with Crippen LogP contribution in [0.25, 0.3) is 0 Å². The number of aryl methyl sites for hydroxylation is 2. The summed E-state index contributed by atoms with van der Waals surface area (Å²) >= 11 is 0. The smallest absolute Gasteiger partial charge is 0.217 e. The van der Waals surface area contributed by atoms with Crippen molar-refractivity contribution in [2.24, 2.45) is 0 Å². The lowest BCUT2D eigenvalue weighted by Crippen LogP contribution is -1.92. The third-order valence-electron chi connectivity index (χ3n) is 1.30. The van der Waals surface area contributed by atoms with Gasteiger partial charge in [0.2, 0.25) is 6.41 Å². The molecule has 0 N–H and O–H groups in total. The van der Waals surface area contributed by atoms with Crippen molar-refractivity contribution in [1.29, 1.82) is 0 Å². The average Bonchev–Trinajstić information content (AvgIpc) is 2.10. The van der Waals surface area contributed by atoms with Gasteiger partial charge in [-0.25, -0.2) is 0 Å². The Hall–Kier alpha value is -1.05. The van der Waals surface area contributed by atoms with E-state index in [1.807, 2.05) is 26.1 Å². The first-order valence-corrected chi connectivity index (χ1v) is 2.84. The number of nitrogens with zero attached hydrogens (tertiary/aromatic N) is 1. The van der Waals surface area contributed by atoms with Crippen molar-refractivity contribution in [3.05, 3.63) is 23.5 Å². The molecule has 0 saturated heterocycles. The summed E-state index contributed by atoms with van der Waals surface area (Å²) in [4.78, 5) is 10.2. The summed E-state index contributed by atoms with van der Waals surface area (Å²) in [6, 6.07) is 1.97. The molecule has 0 spiro atoms. The van der Waals surface area contributed by atoms with E-state index in [2.05, 4.69) is 0 Å². The van der Waals surface area contributed by atoms with Gasteiger partial charge in [-0.3, -0.25) is 9.36 Å². The van der Waals surface area contributed by atoms with Gasteiger partial charge in [0.25, 0.3) is 0 Å². The van der Waals surface area contributed by atoms with Crippen LogP contribution in [-0.2, 0) is 4.79 Å². The lowest BCUT2D eigenvalue weighted by Gasteiger charge is -1.88. The number of aromatic nitrogens is 1. The fraction of sp³-hybridized carbons (Fsp3) is 0.286. The number of carbonyl (C=O) groups excluding carboxylic acids is 1. The van der Waals surface area contributed by atoms with E-state index in [-0.39, 0.29) is 0 Å². The van der Waals surface area contributed by atoms with E-state index < -0.39 is 0 Å². The van der Waals surface area contributed by atoms with Gasteiger partial charge in [-0.05, 0) is 25.5 Å². The number of hydrogen-bond acceptors (Lipinski definition) is 1. The van der Waals surface area contributed by atoms with Gasteiger partial charge in [0.15, 0.2) is 0 Å². The van der Waals surface area contributed by atoms with E-state index >= 15 is 0 Å². The van der Waals surface area contributed by atoms with E-state index in [9.17, 15) is 4.79 Å². The second kappa shape index (κ2) is 2.05. The minimum absolute atomic E-state index is 0.808. The Morgan fingerprint density at radius 3 is 2.44 bits per heavy atom. The highest BCUT2D eigenvalue weighted by atomic mass is 16.1. The molecule has 0 radical (unpaired) electrons. The second-order valence-corrected chi connectivity index (χ2v) is 2.17. The second-order valence-electron chi connectivity index (χ2n) is 2.17. The maximum Gasteiger partial charge on any atom is 0.217 e. The molecule has 0 aliphatic carbocycles. The van der Waals surface area contributed by atoms with E-state index in [4.69, 9.17) is 0 Å². The summed E-state index contributed by atoms with van der Waals surface area (Å²) in [6.07, 6.45) is 2.62. The van der Waals surface area contributed by atoms with Crippen molar-refractivity contribution < 1.29 is 4.79 Å². The molecule has 1 aromatic rings. The highest BCUT2D eigenvalue weighted by Gasteiger charge is 1.93. The zero-order chi connectivity index (χ0) is 6.85. The number of rotatable bonds is 1. The molecule has 1 aromatic heterocycles. The van der Waals surface area contributed by atoms with Crippen molar-refractivity contribution in [3.8, 4) is 0 Å². The first kappa shape index (κ1) is 6.08. The van der Waals surface area contributed by atoms with E-state index in [1.165, 1.54) is 0 Å². The number of carbonyl (C=O) groups is 1. The Morgan fingerprint density at radius 1 is 1.56 bits per heavy atom. The molecule has 0 atom stereocenters. The van der Waals surface area contributed by atoms with Crippen LogP contribution >= 0.6 is 0 Å². The van der Waals surface area contributed by atoms with Gasteiger partial charge in [0.1, 0.15) is 0 Å².